The first-order valence-electron chi connectivity index (χ1n) is 8.41. The van der Waals surface area contributed by atoms with Crippen LogP contribution < -0.4 is 10.6 Å². The Bertz CT molecular complexity index is 665. The molecule has 1 aromatic carbocycles. The largest absolute Gasteiger partial charge is 0.325 e. The zero-order valence-electron chi connectivity index (χ0n) is 14.7. The Hall–Kier alpha value is -2.37. The Labute approximate surface area is 142 Å². The van der Waals surface area contributed by atoms with Gasteiger partial charge in [-0.3, -0.25) is 14.5 Å². The second kappa shape index (κ2) is 7.03. The van der Waals surface area contributed by atoms with Crippen LogP contribution in [0.2, 0.25) is 0 Å². The normalized spacial score (nSPS) is 16.2. The molecule has 4 amide bonds. The number of carbonyl (C=O) groups is 3. The highest BCUT2D eigenvalue weighted by atomic mass is 16.2. The van der Waals surface area contributed by atoms with E-state index in [1.165, 1.54) is 0 Å². The monoisotopic (exact) mass is 331 g/mol. The number of urea groups is 1. The van der Waals surface area contributed by atoms with Gasteiger partial charge < -0.3 is 10.6 Å². The average molecular weight is 331 g/mol. The van der Waals surface area contributed by atoms with Gasteiger partial charge in [-0.25, -0.2) is 4.79 Å². The van der Waals surface area contributed by atoms with E-state index in [0.29, 0.717) is 12.8 Å². The van der Waals surface area contributed by atoms with Crippen LogP contribution in [0.15, 0.2) is 18.2 Å². The number of amides is 4. The molecule has 1 saturated heterocycles. The first-order valence-corrected chi connectivity index (χ1v) is 8.41. The zero-order chi connectivity index (χ0) is 17.9. The molecule has 2 rings (SSSR count). The Kier molecular flexibility index (Phi) is 5.26. The van der Waals surface area contributed by atoms with E-state index in [9.17, 15) is 14.4 Å². The van der Waals surface area contributed by atoms with Crippen LogP contribution in [0.3, 0.4) is 0 Å². The molecule has 0 bridgehead atoms. The smallest absolute Gasteiger partial charge is 0.324 e. The lowest BCUT2D eigenvalue weighted by molar-refractivity contribution is -0.134. The first kappa shape index (κ1) is 18.0. The van der Waals surface area contributed by atoms with Crippen molar-refractivity contribution in [3.8, 4) is 0 Å². The van der Waals surface area contributed by atoms with E-state index in [1.54, 1.807) is 0 Å². The summed E-state index contributed by atoms with van der Waals surface area (Å²) in [6.07, 6.45) is 1.79. The molecule has 6 nitrogen and oxygen atoms in total. The quantitative estimate of drug-likeness (QED) is 0.787. The summed E-state index contributed by atoms with van der Waals surface area (Å²) in [6, 6.07) is 5.31. The molecule has 1 aromatic rings. The van der Waals surface area contributed by atoms with Crippen LogP contribution in [-0.2, 0) is 16.0 Å². The highest BCUT2D eigenvalue weighted by molar-refractivity contribution is 6.10. The lowest BCUT2D eigenvalue weighted by Gasteiger charge is -2.23. The summed E-state index contributed by atoms with van der Waals surface area (Å²) in [5.74, 6) is -0.696. The van der Waals surface area contributed by atoms with Gasteiger partial charge in [0.05, 0.1) is 0 Å². The zero-order valence-corrected chi connectivity index (χ0v) is 14.7. The third kappa shape index (κ3) is 3.13. The minimum atomic E-state index is -0.880. The van der Waals surface area contributed by atoms with Crippen molar-refractivity contribution in [1.29, 1.82) is 0 Å². The maximum atomic E-state index is 12.5. The summed E-state index contributed by atoms with van der Waals surface area (Å²) in [4.78, 5) is 38.0. The van der Waals surface area contributed by atoms with E-state index in [-0.39, 0.29) is 18.4 Å². The number of carbonyl (C=O) groups excluding carboxylic acids is 3. The predicted molar refractivity (Wildman–Crippen MR) is 92.7 cm³/mol. The maximum Gasteiger partial charge on any atom is 0.325 e. The summed E-state index contributed by atoms with van der Waals surface area (Å²) in [5, 5.41) is 5.58. The molecule has 24 heavy (non-hydrogen) atoms. The topological polar surface area (TPSA) is 78.5 Å². The van der Waals surface area contributed by atoms with Crippen molar-refractivity contribution in [1.82, 2.24) is 10.2 Å². The van der Waals surface area contributed by atoms with E-state index in [1.807, 2.05) is 45.9 Å². The number of aryl methyl sites for hydroxylation is 2. The summed E-state index contributed by atoms with van der Waals surface area (Å²) < 4.78 is 0. The molecule has 0 radical (unpaired) electrons. The Morgan fingerprint density at radius 2 is 1.88 bits per heavy atom. The summed E-state index contributed by atoms with van der Waals surface area (Å²) in [7, 11) is 0. The van der Waals surface area contributed by atoms with Crippen molar-refractivity contribution in [3.05, 3.63) is 29.3 Å². The fourth-order valence-corrected chi connectivity index (χ4v) is 3.07. The van der Waals surface area contributed by atoms with Crippen LogP contribution in [0.1, 0.15) is 44.7 Å². The van der Waals surface area contributed by atoms with Crippen LogP contribution in [0.5, 0.6) is 0 Å². The van der Waals surface area contributed by atoms with Gasteiger partial charge in [0, 0.05) is 5.69 Å². The van der Waals surface area contributed by atoms with Crippen molar-refractivity contribution < 1.29 is 14.4 Å². The lowest BCUT2D eigenvalue weighted by atomic mass is 9.93. The molecule has 1 fully saturated rings. The summed E-state index contributed by atoms with van der Waals surface area (Å²) >= 11 is 0. The number of nitrogens with zero attached hydrogens (tertiary/aromatic N) is 1. The van der Waals surface area contributed by atoms with E-state index in [2.05, 4.69) is 10.6 Å². The summed E-state index contributed by atoms with van der Waals surface area (Å²) in [6.45, 7) is 7.36. The van der Waals surface area contributed by atoms with Gasteiger partial charge in [0.15, 0.2) is 0 Å². The molecule has 0 spiro atoms. The minimum absolute atomic E-state index is 0.274. The van der Waals surface area contributed by atoms with Crippen molar-refractivity contribution in [2.45, 2.75) is 52.5 Å². The van der Waals surface area contributed by atoms with Crippen LogP contribution >= 0.6 is 0 Å². The first-order chi connectivity index (χ1) is 11.4. The third-order valence-electron chi connectivity index (χ3n) is 4.76. The van der Waals surface area contributed by atoms with E-state index in [4.69, 9.17) is 0 Å². The Balaban J connectivity index is 2.14. The van der Waals surface area contributed by atoms with Gasteiger partial charge in [0.2, 0.25) is 5.91 Å². The minimum Gasteiger partial charge on any atom is -0.324 e. The highest BCUT2D eigenvalue weighted by Crippen LogP contribution is 2.25. The molecule has 130 valence electrons. The number of para-hydroxylation sites is 1. The fraction of sp³-hybridized carbons (Fsp3) is 0.500. The Morgan fingerprint density at radius 1 is 1.21 bits per heavy atom. The van der Waals surface area contributed by atoms with Crippen LogP contribution in [0, 0.1) is 6.92 Å². The van der Waals surface area contributed by atoms with Crippen LogP contribution in [0.4, 0.5) is 10.5 Å². The van der Waals surface area contributed by atoms with Gasteiger partial charge in [0.1, 0.15) is 12.1 Å². The van der Waals surface area contributed by atoms with Gasteiger partial charge in [0.25, 0.3) is 5.91 Å². The molecular weight excluding hydrogens is 306 g/mol. The molecule has 1 heterocycles. The predicted octanol–water partition coefficient (Wildman–Crippen LogP) is 2.61. The molecular formula is C18H25N3O3. The van der Waals surface area contributed by atoms with Crippen molar-refractivity contribution >= 4 is 23.5 Å². The third-order valence-corrected chi connectivity index (χ3v) is 4.76. The molecule has 1 aliphatic rings. The maximum absolute atomic E-state index is 12.5. The molecule has 6 heteroatoms. The second-order valence-electron chi connectivity index (χ2n) is 6.12. The average Bonchev–Trinajstić information content (AvgIpc) is 2.81. The standard InChI is InChI=1S/C18H25N3O3/c1-5-13-10-8-9-12(4)15(13)19-14(22)11-21-16(23)18(6-2,7-3)20-17(21)24/h8-10H,5-7,11H2,1-4H3,(H,19,22)(H,20,24). The SMILES string of the molecule is CCc1cccc(C)c1NC(=O)CN1C(=O)NC(CC)(CC)C1=O. The van der Waals surface area contributed by atoms with Gasteiger partial charge in [-0.2, -0.15) is 0 Å². The summed E-state index contributed by atoms with van der Waals surface area (Å²) in [5.41, 5.74) is 1.86. The highest BCUT2D eigenvalue weighted by Gasteiger charge is 2.49. The fourth-order valence-electron chi connectivity index (χ4n) is 3.07. The molecule has 0 aromatic heterocycles. The van der Waals surface area contributed by atoms with E-state index in [0.717, 1.165) is 28.1 Å². The molecule has 0 saturated carbocycles. The number of benzene rings is 1. The van der Waals surface area contributed by atoms with Gasteiger partial charge >= 0.3 is 6.03 Å². The lowest BCUT2D eigenvalue weighted by Crippen LogP contribution is -2.46. The molecule has 1 aliphatic heterocycles. The molecule has 0 aliphatic carbocycles. The Morgan fingerprint density at radius 3 is 2.42 bits per heavy atom. The second-order valence-corrected chi connectivity index (χ2v) is 6.12. The van der Waals surface area contributed by atoms with Crippen molar-refractivity contribution in [3.63, 3.8) is 0 Å². The number of hydrogen-bond acceptors (Lipinski definition) is 3. The van der Waals surface area contributed by atoms with Gasteiger partial charge in [-0.05, 0) is 37.3 Å². The molecule has 0 atom stereocenters. The number of imide groups is 1. The van der Waals surface area contributed by atoms with Gasteiger partial charge in [-0.15, -0.1) is 0 Å². The van der Waals surface area contributed by atoms with Crippen LogP contribution in [-0.4, -0.2) is 34.8 Å². The number of hydrogen-bond donors (Lipinski definition) is 2. The van der Waals surface area contributed by atoms with Gasteiger partial charge in [-0.1, -0.05) is 39.0 Å². The number of anilines is 1. The van der Waals surface area contributed by atoms with Crippen LogP contribution in [0.25, 0.3) is 0 Å². The molecule has 0 unspecified atom stereocenters. The van der Waals surface area contributed by atoms with E-state index >= 15 is 0 Å². The molecule has 2 N–H and O–H groups in total. The van der Waals surface area contributed by atoms with E-state index < -0.39 is 11.6 Å². The van der Waals surface area contributed by atoms with Crippen molar-refractivity contribution in [2.24, 2.45) is 0 Å². The number of nitrogens with one attached hydrogen (secondary N) is 2. The number of rotatable bonds is 6. The van der Waals surface area contributed by atoms with Crippen molar-refractivity contribution in [2.75, 3.05) is 11.9 Å².